The third-order valence-corrected chi connectivity index (χ3v) is 4.28. The number of nitrogen functional groups attached to an aromatic ring is 1. The zero-order chi connectivity index (χ0) is 15.0. The lowest BCUT2D eigenvalue weighted by Crippen LogP contribution is -2.01. The van der Waals surface area contributed by atoms with E-state index in [1.165, 1.54) is 11.6 Å². The Morgan fingerprint density at radius 3 is 2.62 bits per heavy atom. The molecule has 2 aromatic carbocycles. The smallest absolute Gasteiger partial charge is 0.205 e. The van der Waals surface area contributed by atoms with Crippen molar-refractivity contribution < 1.29 is 4.39 Å². The maximum atomic E-state index is 13.8. The zero-order valence-electron chi connectivity index (χ0n) is 11.6. The standard InChI is InChI=1S/C16H15FIN3/c1-2-3-10-4-6-11(7-5-10)21-15-8-12(17)13(18)9-14(15)20-16(21)19/h4-9H,2-3H2,1H3,(H2,19,20). The molecule has 0 aliphatic rings. The summed E-state index contributed by atoms with van der Waals surface area (Å²) in [6.45, 7) is 2.15. The van der Waals surface area contributed by atoms with Crippen LogP contribution in [-0.4, -0.2) is 9.55 Å². The third kappa shape index (κ3) is 2.62. The Bertz CT molecular complexity index is 793. The highest BCUT2D eigenvalue weighted by Crippen LogP contribution is 2.26. The highest BCUT2D eigenvalue weighted by Gasteiger charge is 2.13. The molecule has 1 aromatic heterocycles. The number of fused-ring (bicyclic) bond motifs is 1. The lowest BCUT2D eigenvalue weighted by atomic mass is 10.1. The molecule has 1 heterocycles. The fraction of sp³-hybridized carbons (Fsp3) is 0.188. The Labute approximate surface area is 136 Å². The number of hydrogen-bond donors (Lipinski definition) is 1. The summed E-state index contributed by atoms with van der Waals surface area (Å²) in [5.74, 6) is 0.112. The van der Waals surface area contributed by atoms with E-state index in [0.29, 0.717) is 20.6 Å². The van der Waals surface area contributed by atoms with Crippen LogP contribution < -0.4 is 5.73 Å². The van der Waals surface area contributed by atoms with Crippen LogP contribution in [0.15, 0.2) is 36.4 Å². The number of imidazole rings is 1. The average molecular weight is 395 g/mol. The van der Waals surface area contributed by atoms with Gasteiger partial charge < -0.3 is 5.73 Å². The Kier molecular flexibility index (Phi) is 3.84. The Hall–Kier alpha value is -1.63. The van der Waals surface area contributed by atoms with Crippen molar-refractivity contribution >= 4 is 39.6 Å². The lowest BCUT2D eigenvalue weighted by Gasteiger charge is -2.08. The fourth-order valence-electron chi connectivity index (χ4n) is 2.46. The van der Waals surface area contributed by atoms with Gasteiger partial charge in [0, 0.05) is 11.8 Å². The number of rotatable bonds is 3. The normalized spacial score (nSPS) is 11.2. The van der Waals surface area contributed by atoms with Crippen LogP contribution in [0.1, 0.15) is 18.9 Å². The predicted molar refractivity (Wildman–Crippen MR) is 92.2 cm³/mol. The molecule has 5 heteroatoms. The van der Waals surface area contributed by atoms with Crippen LogP contribution in [0.5, 0.6) is 0 Å². The molecule has 0 aliphatic heterocycles. The summed E-state index contributed by atoms with van der Waals surface area (Å²) in [6.07, 6.45) is 2.16. The van der Waals surface area contributed by atoms with Crippen molar-refractivity contribution in [3.05, 3.63) is 51.3 Å². The number of hydrogen-bond acceptors (Lipinski definition) is 2. The van der Waals surface area contributed by atoms with E-state index >= 15 is 0 Å². The fourth-order valence-corrected chi connectivity index (χ4v) is 2.91. The number of nitrogens with zero attached hydrogens (tertiary/aromatic N) is 2. The second-order valence-electron chi connectivity index (χ2n) is 4.98. The Morgan fingerprint density at radius 2 is 1.95 bits per heavy atom. The molecule has 0 amide bonds. The van der Waals surface area contributed by atoms with E-state index in [1.807, 2.05) is 34.7 Å². The maximum Gasteiger partial charge on any atom is 0.205 e. The van der Waals surface area contributed by atoms with Crippen molar-refractivity contribution in [2.45, 2.75) is 19.8 Å². The molecular formula is C16H15FIN3. The van der Waals surface area contributed by atoms with Gasteiger partial charge in [-0.2, -0.15) is 0 Å². The second-order valence-corrected chi connectivity index (χ2v) is 6.14. The minimum atomic E-state index is -0.258. The summed E-state index contributed by atoms with van der Waals surface area (Å²) in [5.41, 5.74) is 9.58. The second kappa shape index (κ2) is 5.63. The zero-order valence-corrected chi connectivity index (χ0v) is 13.8. The van der Waals surface area contributed by atoms with Crippen LogP contribution in [-0.2, 0) is 6.42 Å². The minimum absolute atomic E-state index is 0.258. The van der Waals surface area contributed by atoms with E-state index in [1.54, 1.807) is 10.6 Å². The monoisotopic (exact) mass is 395 g/mol. The molecule has 0 saturated heterocycles. The van der Waals surface area contributed by atoms with Crippen molar-refractivity contribution in [1.29, 1.82) is 0 Å². The quantitative estimate of drug-likeness (QED) is 0.672. The minimum Gasteiger partial charge on any atom is -0.369 e. The molecule has 21 heavy (non-hydrogen) atoms. The Balaban J connectivity index is 2.15. The van der Waals surface area contributed by atoms with Crippen molar-refractivity contribution in [1.82, 2.24) is 9.55 Å². The Morgan fingerprint density at radius 1 is 1.24 bits per heavy atom. The molecule has 108 valence electrons. The highest BCUT2D eigenvalue weighted by molar-refractivity contribution is 14.1. The molecule has 0 spiro atoms. The molecule has 0 saturated carbocycles. The predicted octanol–water partition coefficient (Wildman–Crippen LogP) is 4.30. The molecule has 0 atom stereocenters. The van der Waals surface area contributed by atoms with Crippen LogP contribution in [0.25, 0.3) is 16.7 Å². The number of aryl methyl sites for hydroxylation is 1. The van der Waals surface area contributed by atoms with Gasteiger partial charge in [-0.1, -0.05) is 25.5 Å². The summed E-state index contributed by atoms with van der Waals surface area (Å²) in [7, 11) is 0. The first-order chi connectivity index (χ1) is 10.1. The summed E-state index contributed by atoms with van der Waals surface area (Å²) in [4.78, 5) is 4.32. The summed E-state index contributed by atoms with van der Waals surface area (Å²) in [6, 6.07) is 11.3. The van der Waals surface area contributed by atoms with Crippen LogP contribution >= 0.6 is 22.6 Å². The molecule has 0 bridgehead atoms. The first-order valence-corrected chi connectivity index (χ1v) is 7.90. The van der Waals surface area contributed by atoms with Gasteiger partial charge in [-0.25, -0.2) is 9.37 Å². The molecule has 3 rings (SSSR count). The third-order valence-electron chi connectivity index (χ3n) is 3.46. The van der Waals surface area contributed by atoms with Gasteiger partial charge in [0.05, 0.1) is 14.6 Å². The van der Waals surface area contributed by atoms with Crippen molar-refractivity contribution in [3.63, 3.8) is 0 Å². The van der Waals surface area contributed by atoms with Crippen molar-refractivity contribution in [3.8, 4) is 5.69 Å². The van der Waals surface area contributed by atoms with Crippen LogP contribution in [0.4, 0.5) is 10.3 Å². The van der Waals surface area contributed by atoms with Gasteiger partial charge in [-0.15, -0.1) is 0 Å². The summed E-state index contributed by atoms with van der Waals surface area (Å²) in [5, 5.41) is 0. The highest BCUT2D eigenvalue weighted by atomic mass is 127. The first-order valence-electron chi connectivity index (χ1n) is 6.82. The topological polar surface area (TPSA) is 43.8 Å². The van der Waals surface area contributed by atoms with Gasteiger partial charge in [0.15, 0.2) is 0 Å². The molecule has 2 N–H and O–H groups in total. The molecule has 0 unspecified atom stereocenters. The molecule has 0 aliphatic carbocycles. The first kappa shape index (κ1) is 14.3. The van der Waals surface area contributed by atoms with Gasteiger partial charge in [-0.3, -0.25) is 4.57 Å². The van der Waals surface area contributed by atoms with Gasteiger partial charge in [0.25, 0.3) is 0 Å². The number of anilines is 1. The van der Waals surface area contributed by atoms with Gasteiger partial charge >= 0.3 is 0 Å². The van der Waals surface area contributed by atoms with Crippen molar-refractivity contribution in [2.24, 2.45) is 0 Å². The van der Waals surface area contributed by atoms with E-state index in [-0.39, 0.29) is 5.82 Å². The summed E-state index contributed by atoms with van der Waals surface area (Å²) < 4.78 is 16.2. The van der Waals surface area contributed by atoms with Crippen LogP contribution in [0.3, 0.4) is 0 Å². The number of benzene rings is 2. The molecule has 0 radical (unpaired) electrons. The molecule has 3 aromatic rings. The molecular weight excluding hydrogens is 380 g/mol. The molecule has 3 nitrogen and oxygen atoms in total. The number of halogens is 2. The number of aromatic nitrogens is 2. The molecule has 0 fully saturated rings. The van der Waals surface area contributed by atoms with Gasteiger partial charge in [-0.05, 0) is 52.8 Å². The maximum absolute atomic E-state index is 13.8. The van der Waals surface area contributed by atoms with E-state index in [4.69, 9.17) is 5.73 Å². The summed E-state index contributed by atoms with van der Waals surface area (Å²) >= 11 is 1.96. The van der Waals surface area contributed by atoms with Crippen molar-refractivity contribution in [2.75, 3.05) is 5.73 Å². The van der Waals surface area contributed by atoms with E-state index in [2.05, 4.69) is 24.0 Å². The van der Waals surface area contributed by atoms with E-state index in [9.17, 15) is 4.39 Å². The SMILES string of the molecule is CCCc1ccc(-n2c(N)nc3cc(I)c(F)cc32)cc1. The lowest BCUT2D eigenvalue weighted by molar-refractivity contribution is 0.622. The van der Waals surface area contributed by atoms with Crippen LogP contribution in [0.2, 0.25) is 0 Å². The van der Waals surface area contributed by atoms with Crippen LogP contribution in [0, 0.1) is 9.39 Å². The van der Waals surface area contributed by atoms with Gasteiger partial charge in [0.2, 0.25) is 5.95 Å². The van der Waals surface area contributed by atoms with Gasteiger partial charge in [0.1, 0.15) is 5.82 Å². The average Bonchev–Trinajstić information content (AvgIpc) is 2.76. The number of nitrogens with two attached hydrogens (primary N) is 1. The van der Waals surface area contributed by atoms with E-state index < -0.39 is 0 Å². The van der Waals surface area contributed by atoms with E-state index in [0.717, 1.165) is 18.5 Å². The largest absolute Gasteiger partial charge is 0.369 e.